The molecule has 3 nitrogen and oxygen atoms in total. The Hall–Kier alpha value is -1.03. The van der Waals surface area contributed by atoms with Crippen LogP contribution in [0, 0.1) is 0 Å². The van der Waals surface area contributed by atoms with Crippen LogP contribution in [0.2, 0.25) is 0 Å². The molecule has 0 radical (unpaired) electrons. The van der Waals surface area contributed by atoms with E-state index in [-0.39, 0.29) is 11.0 Å². The number of para-hydroxylation sites is 1. The molecule has 0 heterocycles. The van der Waals surface area contributed by atoms with E-state index in [0.29, 0.717) is 11.3 Å². The largest absolute Gasteiger partial charge is 0.398 e. The highest BCUT2D eigenvalue weighted by Gasteiger charge is 2.17. The molecule has 0 atom stereocenters. The number of nitrogens with two attached hydrogens (primary N) is 1. The van der Waals surface area contributed by atoms with E-state index in [9.17, 15) is 8.42 Å². The summed E-state index contributed by atoms with van der Waals surface area (Å²) in [6.07, 6.45) is 0. The molecule has 0 bridgehead atoms. The van der Waals surface area contributed by atoms with Crippen LogP contribution in [-0.4, -0.2) is 13.7 Å². The van der Waals surface area contributed by atoms with Crippen molar-refractivity contribution in [3.05, 3.63) is 29.8 Å². The van der Waals surface area contributed by atoms with Gasteiger partial charge < -0.3 is 5.73 Å². The van der Waals surface area contributed by atoms with Crippen molar-refractivity contribution in [3.63, 3.8) is 0 Å². The van der Waals surface area contributed by atoms with Crippen LogP contribution in [-0.2, 0) is 15.6 Å². The summed E-state index contributed by atoms with van der Waals surface area (Å²) < 4.78 is 23.2. The molecular formula is C10H15NO2S. The standard InChI is InChI=1S/C10H15NO2S/c1-8(2)14(12,13)7-9-5-3-4-6-10(9)11/h3-6,8H,7,11H2,1-2H3. The molecule has 0 fully saturated rings. The Morgan fingerprint density at radius 1 is 1.29 bits per heavy atom. The topological polar surface area (TPSA) is 60.2 Å². The van der Waals surface area contributed by atoms with Crippen molar-refractivity contribution in [1.82, 2.24) is 0 Å². The zero-order valence-electron chi connectivity index (χ0n) is 8.40. The molecule has 1 aromatic rings. The van der Waals surface area contributed by atoms with Gasteiger partial charge in [-0.2, -0.15) is 0 Å². The first-order valence-corrected chi connectivity index (χ1v) is 6.20. The highest BCUT2D eigenvalue weighted by atomic mass is 32.2. The van der Waals surface area contributed by atoms with E-state index < -0.39 is 9.84 Å². The number of hydrogen-bond acceptors (Lipinski definition) is 3. The van der Waals surface area contributed by atoms with Crippen molar-refractivity contribution in [3.8, 4) is 0 Å². The molecule has 0 amide bonds. The van der Waals surface area contributed by atoms with Crippen LogP contribution in [0.3, 0.4) is 0 Å². The zero-order chi connectivity index (χ0) is 10.8. The van der Waals surface area contributed by atoms with Gasteiger partial charge in [-0.05, 0) is 25.5 Å². The molecule has 0 saturated heterocycles. The van der Waals surface area contributed by atoms with E-state index in [4.69, 9.17) is 5.73 Å². The van der Waals surface area contributed by atoms with E-state index in [2.05, 4.69) is 0 Å². The van der Waals surface area contributed by atoms with Crippen LogP contribution >= 0.6 is 0 Å². The lowest BCUT2D eigenvalue weighted by molar-refractivity contribution is 0.586. The number of anilines is 1. The van der Waals surface area contributed by atoms with Crippen LogP contribution in [0.1, 0.15) is 19.4 Å². The summed E-state index contributed by atoms with van der Waals surface area (Å²) in [5.41, 5.74) is 6.88. The summed E-state index contributed by atoms with van der Waals surface area (Å²) in [7, 11) is -3.05. The highest BCUT2D eigenvalue weighted by molar-refractivity contribution is 7.91. The minimum Gasteiger partial charge on any atom is -0.398 e. The first kappa shape index (κ1) is 11.0. The fraction of sp³-hybridized carbons (Fsp3) is 0.400. The van der Waals surface area contributed by atoms with Gasteiger partial charge in [0.1, 0.15) is 0 Å². The quantitative estimate of drug-likeness (QED) is 0.776. The van der Waals surface area contributed by atoms with Crippen molar-refractivity contribution < 1.29 is 8.42 Å². The Balaban J connectivity index is 2.96. The lowest BCUT2D eigenvalue weighted by Crippen LogP contribution is -2.16. The number of benzene rings is 1. The SMILES string of the molecule is CC(C)S(=O)(=O)Cc1ccccc1N. The van der Waals surface area contributed by atoms with Gasteiger partial charge in [0.05, 0.1) is 11.0 Å². The second-order valence-electron chi connectivity index (χ2n) is 3.55. The van der Waals surface area contributed by atoms with Crippen LogP contribution < -0.4 is 5.73 Å². The van der Waals surface area contributed by atoms with Crippen LogP contribution in [0.4, 0.5) is 5.69 Å². The molecule has 0 aromatic heterocycles. The lowest BCUT2D eigenvalue weighted by Gasteiger charge is -2.09. The van der Waals surface area contributed by atoms with Crippen molar-refractivity contribution in [2.45, 2.75) is 24.9 Å². The van der Waals surface area contributed by atoms with Crippen molar-refractivity contribution in [1.29, 1.82) is 0 Å². The molecule has 0 unspecified atom stereocenters. The zero-order valence-corrected chi connectivity index (χ0v) is 9.21. The average Bonchev–Trinajstić information content (AvgIpc) is 2.08. The lowest BCUT2D eigenvalue weighted by atomic mass is 10.2. The number of hydrogen-bond donors (Lipinski definition) is 1. The van der Waals surface area contributed by atoms with E-state index in [1.165, 1.54) is 0 Å². The predicted molar refractivity (Wildman–Crippen MR) is 58.6 cm³/mol. The number of sulfone groups is 1. The van der Waals surface area contributed by atoms with Gasteiger partial charge in [-0.1, -0.05) is 18.2 Å². The first-order valence-electron chi connectivity index (χ1n) is 4.48. The molecule has 2 N–H and O–H groups in total. The van der Waals surface area contributed by atoms with Gasteiger partial charge >= 0.3 is 0 Å². The second-order valence-corrected chi connectivity index (χ2v) is 6.11. The average molecular weight is 213 g/mol. The molecule has 14 heavy (non-hydrogen) atoms. The Morgan fingerprint density at radius 3 is 2.36 bits per heavy atom. The van der Waals surface area contributed by atoms with Crippen LogP contribution in [0.15, 0.2) is 24.3 Å². The molecule has 1 rings (SSSR count). The van der Waals surface area contributed by atoms with Gasteiger partial charge in [-0.25, -0.2) is 8.42 Å². The van der Waals surface area contributed by atoms with E-state index in [1.54, 1.807) is 38.1 Å². The second kappa shape index (κ2) is 4.00. The normalized spacial score (nSPS) is 11.9. The first-order chi connectivity index (χ1) is 6.43. The van der Waals surface area contributed by atoms with Gasteiger partial charge in [-0.15, -0.1) is 0 Å². The number of rotatable bonds is 3. The van der Waals surface area contributed by atoms with Gasteiger partial charge in [0, 0.05) is 5.69 Å². The summed E-state index contributed by atoms with van der Waals surface area (Å²) in [6.45, 7) is 3.35. The van der Waals surface area contributed by atoms with Gasteiger partial charge in [0.2, 0.25) is 0 Å². The van der Waals surface area contributed by atoms with Crippen LogP contribution in [0.25, 0.3) is 0 Å². The van der Waals surface area contributed by atoms with Gasteiger partial charge in [0.25, 0.3) is 0 Å². The molecule has 0 aliphatic heterocycles. The minimum atomic E-state index is -3.05. The molecule has 0 saturated carbocycles. The maximum atomic E-state index is 11.6. The molecule has 0 aliphatic rings. The van der Waals surface area contributed by atoms with E-state index >= 15 is 0 Å². The van der Waals surface area contributed by atoms with E-state index in [1.807, 2.05) is 0 Å². The van der Waals surface area contributed by atoms with Gasteiger partial charge in [-0.3, -0.25) is 0 Å². The maximum absolute atomic E-state index is 11.6. The monoisotopic (exact) mass is 213 g/mol. The van der Waals surface area contributed by atoms with Crippen molar-refractivity contribution in [2.24, 2.45) is 0 Å². The molecular weight excluding hydrogens is 198 g/mol. The van der Waals surface area contributed by atoms with E-state index in [0.717, 1.165) is 0 Å². The fourth-order valence-electron chi connectivity index (χ4n) is 1.05. The minimum absolute atomic E-state index is 0.0251. The summed E-state index contributed by atoms with van der Waals surface area (Å²) in [4.78, 5) is 0. The summed E-state index contributed by atoms with van der Waals surface area (Å²) in [6, 6.07) is 7.04. The third-order valence-electron chi connectivity index (χ3n) is 2.13. The maximum Gasteiger partial charge on any atom is 0.156 e. The highest BCUT2D eigenvalue weighted by Crippen LogP contribution is 2.16. The third-order valence-corrected chi connectivity index (χ3v) is 4.28. The number of nitrogen functional groups attached to an aromatic ring is 1. The van der Waals surface area contributed by atoms with Crippen molar-refractivity contribution in [2.75, 3.05) is 5.73 Å². The Kier molecular flexibility index (Phi) is 3.16. The smallest absolute Gasteiger partial charge is 0.156 e. The Morgan fingerprint density at radius 2 is 1.86 bits per heavy atom. The Bertz CT molecular complexity index is 410. The summed E-state index contributed by atoms with van der Waals surface area (Å²) in [5, 5.41) is -0.359. The summed E-state index contributed by atoms with van der Waals surface area (Å²) in [5.74, 6) is 0.0251. The molecule has 4 heteroatoms. The summed E-state index contributed by atoms with van der Waals surface area (Å²) >= 11 is 0. The van der Waals surface area contributed by atoms with Crippen LogP contribution in [0.5, 0.6) is 0 Å². The molecule has 0 spiro atoms. The molecule has 78 valence electrons. The van der Waals surface area contributed by atoms with Gasteiger partial charge in [0.15, 0.2) is 9.84 Å². The van der Waals surface area contributed by atoms with Crippen molar-refractivity contribution >= 4 is 15.5 Å². The molecule has 1 aromatic carbocycles. The fourth-order valence-corrected chi connectivity index (χ4v) is 2.08. The molecule has 0 aliphatic carbocycles. The predicted octanol–water partition coefficient (Wildman–Crippen LogP) is 1.59. The Labute approximate surface area is 84.9 Å². The third kappa shape index (κ3) is 2.48.